The van der Waals surface area contributed by atoms with Crippen LogP contribution in [-0.2, 0) is 15.7 Å². The van der Waals surface area contributed by atoms with Crippen LogP contribution in [-0.4, -0.2) is 25.6 Å². The molecule has 0 aliphatic heterocycles. The number of esters is 1. The lowest BCUT2D eigenvalue weighted by Gasteiger charge is -2.12. The van der Waals surface area contributed by atoms with Gasteiger partial charge in [0.1, 0.15) is 0 Å². The normalized spacial score (nSPS) is 11.0. The maximum Gasteiger partial charge on any atom is 0.416 e. The van der Waals surface area contributed by atoms with Crippen molar-refractivity contribution in [2.45, 2.75) is 6.18 Å². The van der Waals surface area contributed by atoms with Gasteiger partial charge >= 0.3 is 12.1 Å². The van der Waals surface area contributed by atoms with Crippen molar-refractivity contribution >= 4 is 29.2 Å². The number of rotatable bonds is 5. The van der Waals surface area contributed by atoms with E-state index in [9.17, 15) is 27.2 Å². The van der Waals surface area contributed by atoms with Gasteiger partial charge in [-0.05, 0) is 36.4 Å². The zero-order valence-corrected chi connectivity index (χ0v) is 14.4. The first-order valence-electron chi connectivity index (χ1n) is 7.29. The number of alkyl halides is 3. The minimum absolute atomic E-state index is 0.0801. The molecule has 2 rings (SSSR count). The molecule has 5 nitrogen and oxygen atoms in total. The predicted octanol–water partition coefficient (Wildman–Crippen LogP) is 4.30. The highest BCUT2D eigenvalue weighted by Crippen LogP contribution is 2.33. The van der Waals surface area contributed by atoms with Gasteiger partial charge in [0, 0.05) is 0 Å². The summed E-state index contributed by atoms with van der Waals surface area (Å²) in [5, 5.41) is 1.99. The maximum absolute atomic E-state index is 13.6. The molecular formula is C17H12ClF4NO4. The van der Waals surface area contributed by atoms with E-state index >= 15 is 0 Å². The third-order valence-corrected chi connectivity index (χ3v) is 3.62. The topological polar surface area (TPSA) is 64.6 Å². The van der Waals surface area contributed by atoms with Gasteiger partial charge < -0.3 is 14.8 Å². The van der Waals surface area contributed by atoms with E-state index in [0.29, 0.717) is 6.07 Å². The summed E-state index contributed by atoms with van der Waals surface area (Å²) in [4.78, 5) is 23.6. The quantitative estimate of drug-likeness (QED) is 0.595. The van der Waals surface area contributed by atoms with Crippen LogP contribution in [0.3, 0.4) is 0 Å². The van der Waals surface area contributed by atoms with Crippen molar-refractivity contribution in [1.29, 1.82) is 0 Å². The monoisotopic (exact) mass is 405 g/mol. The lowest BCUT2D eigenvalue weighted by molar-refractivity contribution is -0.137. The first kappa shape index (κ1) is 20.5. The van der Waals surface area contributed by atoms with Gasteiger partial charge in [0.2, 0.25) is 0 Å². The molecule has 10 heteroatoms. The fraction of sp³-hybridized carbons (Fsp3) is 0.176. The molecule has 27 heavy (non-hydrogen) atoms. The summed E-state index contributed by atoms with van der Waals surface area (Å²) >= 11 is 5.75. The van der Waals surface area contributed by atoms with Crippen LogP contribution in [0.1, 0.15) is 15.9 Å². The number of carbonyl (C=O) groups is 2. The molecular weight excluding hydrogens is 394 g/mol. The summed E-state index contributed by atoms with van der Waals surface area (Å²) in [7, 11) is 1.25. The number of ether oxygens (including phenoxy) is 2. The Kier molecular flexibility index (Phi) is 6.27. The lowest BCUT2D eigenvalue weighted by atomic mass is 10.2. The molecule has 0 aromatic heterocycles. The van der Waals surface area contributed by atoms with Crippen molar-refractivity contribution in [2.24, 2.45) is 0 Å². The third kappa shape index (κ3) is 5.33. The van der Waals surface area contributed by atoms with E-state index in [0.717, 1.165) is 18.2 Å². The number of benzene rings is 2. The Morgan fingerprint density at radius 1 is 1.15 bits per heavy atom. The largest absolute Gasteiger partial charge is 0.494 e. The average molecular weight is 406 g/mol. The van der Waals surface area contributed by atoms with E-state index in [1.54, 1.807) is 0 Å². The number of hydrogen-bond acceptors (Lipinski definition) is 4. The summed E-state index contributed by atoms with van der Waals surface area (Å²) in [6.07, 6.45) is -4.62. The second kappa shape index (κ2) is 8.26. The second-order valence-corrected chi connectivity index (χ2v) is 5.57. The molecule has 0 heterocycles. The van der Waals surface area contributed by atoms with Crippen molar-refractivity contribution in [1.82, 2.24) is 0 Å². The summed E-state index contributed by atoms with van der Waals surface area (Å²) in [6, 6.07) is 5.69. The molecule has 0 atom stereocenters. The number of anilines is 1. The molecule has 0 bridgehead atoms. The zero-order valence-electron chi connectivity index (χ0n) is 13.7. The molecule has 1 N–H and O–H groups in total. The number of methoxy groups -OCH3 is 1. The molecule has 2 aromatic rings. The van der Waals surface area contributed by atoms with Gasteiger partial charge in [0.05, 0.1) is 28.9 Å². The molecule has 0 saturated carbocycles. The second-order valence-electron chi connectivity index (χ2n) is 5.17. The molecule has 0 saturated heterocycles. The van der Waals surface area contributed by atoms with Gasteiger partial charge in [-0.1, -0.05) is 11.6 Å². The number of halogens is 5. The van der Waals surface area contributed by atoms with Gasteiger partial charge in [-0.3, -0.25) is 4.79 Å². The molecule has 144 valence electrons. The van der Waals surface area contributed by atoms with Crippen LogP contribution >= 0.6 is 11.6 Å². The fourth-order valence-electron chi connectivity index (χ4n) is 1.99. The fourth-order valence-corrected chi connectivity index (χ4v) is 2.16. The molecule has 2 aromatic carbocycles. The first-order valence-corrected chi connectivity index (χ1v) is 7.67. The Labute approximate surface area is 155 Å². The van der Waals surface area contributed by atoms with E-state index in [-0.39, 0.29) is 22.0 Å². The predicted molar refractivity (Wildman–Crippen MR) is 88.3 cm³/mol. The molecule has 0 radical (unpaired) electrons. The third-order valence-electron chi connectivity index (χ3n) is 3.29. The standard InChI is InChI=1S/C17H12ClF4NO4/c1-26-14-5-2-9(6-12(14)19)16(25)27-8-15(24)23-13-7-10(17(20,21)22)3-4-11(13)18/h2-7H,8H2,1H3,(H,23,24). The van der Waals surface area contributed by atoms with Crippen molar-refractivity contribution in [2.75, 3.05) is 19.0 Å². The van der Waals surface area contributed by atoms with Crippen molar-refractivity contribution in [3.8, 4) is 5.75 Å². The maximum atomic E-state index is 13.6. The number of nitrogens with one attached hydrogen (secondary N) is 1. The minimum atomic E-state index is -4.62. The van der Waals surface area contributed by atoms with E-state index in [1.807, 2.05) is 0 Å². The van der Waals surface area contributed by atoms with Crippen LogP contribution in [0.15, 0.2) is 36.4 Å². The van der Waals surface area contributed by atoms with Crippen LogP contribution in [0.25, 0.3) is 0 Å². The van der Waals surface area contributed by atoms with E-state index < -0.39 is 36.0 Å². The smallest absolute Gasteiger partial charge is 0.416 e. The van der Waals surface area contributed by atoms with Crippen LogP contribution in [0.5, 0.6) is 5.75 Å². The summed E-state index contributed by atoms with van der Waals surface area (Å²) in [5.41, 5.74) is -1.46. The Hall–Kier alpha value is -2.81. The lowest BCUT2D eigenvalue weighted by Crippen LogP contribution is -2.21. The molecule has 0 aliphatic carbocycles. The van der Waals surface area contributed by atoms with E-state index in [1.165, 1.54) is 19.2 Å². The summed E-state index contributed by atoms with van der Waals surface area (Å²) < 4.78 is 61.1. The van der Waals surface area contributed by atoms with Gasteiger partial charge in [-0.25, -0.2) is 9.18 Å². The zero-order chi connectivity index (χ0) is 20.2. The first-order chi connectivity index (χ1) is 12.6. The molecule has 0 aliphatic rings. The Morgan fingerprint density at radius 2 is 1.85 bits per heavy atom. The molecule has 0 unspecified atom stereocenters. The van der Waals surface area contributed by atoms with Crippen molar-refractivity contribution in [3.63, 3.8) is 0 Å². The van der Waals surface area contributed by atoms with Crippen molar-refractivity contribution < 1.29 is 36.6 Å². The Morgan fingerprint density at radius 3 is 2.44 bits per heavy atom. The average Bonchev–Trinajstić information content (AvgIpc) is 2.60. The number of hydrogen-bond donors (Lipinski definition) is 1. The van der Waals surface area contributed by atoms with Gasteiger partial charge in [0.25, 0.3) is 5.91 Å². The number of carbonyl (C=O) groups excluding carboxylic acids is 2. The highest BCUT2D eigenvalue weighted by Gasteiger charge is 2.31. The van der Waals surface area contributed by atoms with Gasteiger partial charge in [-0.15, -0.1) is 0 Å². The minimum Gasteiger partial charge on any atom is -0.494 e. The summed E-state index contributed by atoms with van der Waals surface area (Å²) in [6.45, 7) is -0.806. The Balaban J connectivity index is 2.00. The van der Waals surface area contributed by atoms with Gasteiger partial charge in [-0.2, -0.15) is 13.2 Å². The highest BCUT2D eigenvalue weighted by atomic mass is 35.5. The molecule has 1 amide bonds. The van der Waals surface area contributed by atoms with Crippen LogP contribution in [0.4, 0.5) is 23.2 Å². The summed E-state index contributed by atoms with van der Waals surface area (Å²) in [5.74, 6) is -2.80. The number of amides is 1. The molecule has 0 fully saturated rings. The van der Waals surface area contributed by atoms with E-state index in [2.05, 4.69) is 5.32 Å². The van der Waals surface area contributed by atoms with Crippen LogP contribution < -0.4 is 10.1 Å². The molecule has 0 spiro atoms. The van der Waals surface area contributed by atoms with Crippen LogP contribution in [0.2, 0.25) is 5.02 Å². The van der Waals surface area contributed by atoms with Crippen molar-refractivity contribution in [3.05, 3.63) is 58.4 Å². The van der Waals surface area contributed by atoms with Crippen LogP contribution in [0, 0.1) is 5.82 Å². The van der Waals surface area contributed by atoms with Gasteiger partial charge in [0.15, 0.2) is 18.2 Å². The highest BCUT2D eigenvalue weighted by molar-refractivity contribution is 6.33. The van der Waals surface area contributed by atoms with E-state index in [4.69, 9.17) is 21.1 Å². The Bertz CT molecular complexity index is 870. The SMILES string of the molecule is COc1ccc(C(=O)OCC(=O)Nc2cc(C(F)(F)F)ccc2Cl)cc1F.